The van der Waals surface area contributed by atoms with Gasteiger partial charge in [-0.15, -0.1) is 0 Å². The first-order valence-corrected chi connectivity index (χ1v) is 4.38. The largest absolute Gasteiger partial charge is 0.500 e. The zero-order chi connectivity index (χ0) is 9.97. The molecule has 14 heavy (non-hydrogen) atoms. The number of rotatable bonds is 2. The first kappa shape index (κ1) is 9.09. The molecule has 3 heteroatoms. The monoisotopic (exact) mass is 192 g/mol. The second kappa shape index (κ2) is 3.72. The van der Waals surface area contributed by atoms with Gasteiger partial charge in [-0.3, -0.25) is 0 Å². The normalized spacial score (nSPS) is 21.9. The van der Waals surface area contributed by atoms with Crippen LogP contribution in [0.1, 0.15) is 17.4 Å². The Bertz CT molecular complexity index is 357. The predicted octanol–water partition coefficient (Wildman–Crippen LogP) is 2.31. The molecule has 0 aliphatic carbocycles. The molecule has 0 saturated carbocycles. The highest BCUT2D eigenvalue weighted by Crippen LogP contribution is 2.38. The van der Waals surface area contributed by atoms with E-state index < -0.39 is 0 Å². The van der Waals surface area contributed by atoms with Crippen molar-refractivity contribution in [1.29, 1.82) is 0 Å². The van der Waals surface area contributed by atoms with Gasteiger partial charge in [0.25, 0.3) is 0 Å². The van der Waals surface area contributed by atoms with Gasteiger partial charge in [0, 0.05) is 18.2 Å². The van der Waals surface area contributed by atoms with Crippen molar-refractivity contribution in [3.8, 4) is 0 Å². The smallest absolute Gasteiger partial charge is 0.227 e. The van der Waals surface area contributed by atoms with E-state index in [2.05, 4.69) is 0 Å². The molecule has 1 aromatic carbocycles. The first-order chi connectivity index (χ1) is 6.86. The Morgan fingerprint density at radius 1 is 1.29 bits per heavy atom. The summed E-state index contributed by atoms with van der Waals surface area (Å²) in [5, 5.41) is 0. The lowest BCUT2D eigenvalue weighted by atomic mass is 10.1. The van der Waals surface area contributed by atoms with Crippen molar-refractivity contribution < 1.29 is 14.2 Å². The Kier molecular flexibility index (Phi) is 2.41. The molecule has 0 bridgehead atoms. The summed E-state index contributed by atoms with van der Waals surface area (Å²) in [6, 6.07) is 7.90. The van der Waals surface area contributed by atoms with Crippen LogP contribution in [0.3, 0.4) is 0 Å². The van der Waals surface area contributed by atoms with Gasteiger partial charge in [0.2, 0.25) is 6.29 Å². The molecule has 0 aromatic heterocycles. The fourth-order valence-corrected chi connectivity index (χ4v) is 1.54. The number of methoxy groups -OCH3 is 2. The van der Waals surface area contributed by atoms with Gasteiger partial charge in [-0.2, -0.15) is 0 Å². The molecule has 1 aromatic rings. The van der Waals surface area contributed by atoms with Crippen molar-refractivity contribution >= 4 is 5.76 Å². The van der Waals surface area contributed by atoms with Crippen molar-refractivity contribution in [2.24, 2.45) is 0 Å². The fourth-order valence-electron chi connectivity index (χ4n) is 1.54. The van der Waals surface area contributed by atoms with Crippen LogP contribution < -0.4 is 0 Å². The van der Waals surface area contributed by atoms with E-state index in [1.165, 1.54) is 0 Å². The maximum atomic E-state index is 5.54. The van der Waals surface area contributed by atoms with Gasteiger partial charge in [-0.05, 0) is 0 Å². The second-order valence-corrected chi connectivity index (χ2v) is 2.99. The molecule has 3 nitrogen and oxygen atoms in total. The summed E-state index contributed by atoms with van der Waals surface area (Å²) in [6.07, 6.45) is 1.27. The molecule has 0 spiro atoms. The van der Waals surface area contributed by atoms with Crippen LogP contribution in [0.4, 0.5) is 0 Å². The summed E-state index contributed by atoms with van der Waals surface area (Å²) < 4.78 is 15.7. The van der Waals surface area contributed by atoms with Crippen molar-refractivity contribution in [3.63, 3.8) is 0 Å². The average molecular weight is 192 g/mol. The minimum Gasteiger partial charge on any atom is -0.500 e. The van der Waals surface area contributed by atoms with Crippen LogP contribution in [0.5, 0.6) is 0 Å². The molecule has 1 heterocycles. The maximum Gasteiger partial charge on any atom is 0.227 e. The van der Waals surface area contributed by atoms with Gasteiger partial charge in [0.15, 0.2) is 5.76 Å². The zero-order valence-electron chi connectivity index (χ0n) is 8.19. The number of hydrogen-bond acceptors (Lipinski definition) is 3. The molecule has 1 atom stereocenters. The lowest BCUT2D eigenvalue weighted by Gasteiger charge is -2.08. The molecule has 74 valence electrons. The number of benzene rings is 1. The SMILES string of the molecule is CO/C=C1\OC(OC)c2ccccc21. The van der Waals surface area contributed by atoms with E-state index in [0.29, 0.717) is 0 Å². The quantitative estimate of drug-likeness (QED) is 0.673. The highest BCUT2D eigenvalue weighted by molar-refractivity contribution is 5.66. The van der Waals surface area contributed by atoms with Crippen molar-refractivity contribution in [3.05, 3.63) is 41.7 Å². The topological polar surface area (TPSA) is 27.7 Å². The number of hydrogen-bond donors (Lipinski definition) is 0. The summed E-state index contributed by atoms with van der Waals surface area (Å²) in [6.45, 7) is 0. The molecule has 1 aliphatic rings. The second-order valence-electron chi connectivity index (χ2n) is 2.99. The summed E-state index contributed by atoms with van der Waals surface area (Å²) in [5.74, 6) is 0.718. The van der Waals surface area contributed by atoms with Gasteiger partial charge < -0.3 is 14.2 Å². The van der Waals surface area contributed by atoms with E-state index >= 15 is 0 Å². The van der Waals surface area contributed by atoms with E-state index in [9.17, 15) is 0 Å². The van der Waals surface area contributed by atoms with Crippen molar-refractivity contribution in [1.82, 2.24) is 0 Å². The van der Waals surface area contributed by atoms with Crippen LogP contribution in [-0.4, -0.2) is 14.2 Å². The van der Waals surface area contributed by atoms with Crippen molar-refractivity contribution in [2.75, 3.05) is 14.2 Å². The van der Waals surface area contributed by atoms with E-state index in [4.69, 9.17) is 14.2 Å². The molecule has 2 rings (SSSR count). The Balaban J connectivity index is 2.43. The number of fused-ring (bicyclic) bond motifs is 1. The molecule has 0 fully saturated rings. The molecule has 0 radical (unpaired) electrons. The maximum absolute atomic E-state index is 5.54. The van der Waals surface area contributed by atoms with Gasteiger partial charge in [-0.25, -0.2) is 0 Å². The minimum atomic E-state index is -0.312. The van der Waals surface area contributed by atoms with Crippen molar-refractivity contribution in [2.45, 2.75) is 6.29 Å². The standard InChI is InChI=1S/C11H12O3/c1-12-7-10-8-5-3-4-6-9(8)11(13-2)14-10/h3-7,11H,1-2H3/b10-7-. The average Bonchev–Trinajstić information content (AvgIpc) is 2.58. The molecule has 1 unspecified atom stereocenters. The fraction of sp³-hybridized carbons (Fsp3) is 0.273. The summed E-state index contributed by atoms with van der Waals surface area (Å²) in [7, 11) is 3.22. The van der Waals surface area contributed by atoms with Crippen LogP contribution in [-0.2, 0) is 14.2 Å². The van der Waals surface area contributed by atoms with Crippen LogP contribution >= 0.6 is 0 Å². The molecule has 1 aliphatic heterocycles. The van der Waals surface area contributed by atoms with Gasteiger partial charge >= 0.3 is 0 Å². The number of ether oxygens (including phenoxy) is 3. The molecule has 0 N–H and O–H groups in total. The Labute approximate surface area is 82.9 Å². The summed E-state index contributed by atoms with van der Waals surface area (Å²) in [5.41, 5.74) is 2.07. The van der Waals surface area contributed by atoms with Crippen LogP contribution in [0, 0.1) is 0 Å². The van der Waals surface area contributed by atoms with E-state index in [1.807, 2.05) is 24.3 Å². The predicted molar refractivity (Wildman–Crippen MR) is 52.3 cm³/mol. The third-order valence-corrected chi connectivity index (χ3v) is 2.15. The lowest BCUT2D eigenvalue weighted by molar-refractivity contribution is -0.0659. The molecule has 0 saturated heterocycles. The lowest BCUT2D eigenvalue weighted by Crippen LogP contribution is -1.96. The van der Waals surface area contributed by atoms with E-state index in [0.717, 1.165) is 16.9 Å². The van der Waals surface area contributed by atoms with Gasteiger partial charge in [0.05, 0.1) is 7.11 Å². The summed E-state index contributed by atoms with van der Waals surface area (Å²) >= 11 is 0. The summed E-state index contributed by atoms with van der Waals surface area (Å²) in [4.78, 5) is 0. The Morgan fingerprint density at radius 3 is 2.79 bits per heavy atom. The molecule has 0 amide bonds. The highest BCUT2D eigenvalue weighted by atomic mass is 16.7. The first-order valence-electron chi connectivity index (χ1n) is 4.38. The van der Waals surface area contributed by atoms with E-state index in [-0.39, 0.29) is 6.29 Å². The third-order valence-electron chi connectivity index (χ3n) is 2.15. The Hall–Kier alpha value is -1.48. The highest BCUT2D eigenvalue weighted by Gasteiger charge is 2.27. The third kappa shape index (κ3) is 1.36. The van der Waals surface area contributed by atoms with Crippen LogP contribution in [0.15, 0.2) is 30.5 Å². The molecular weight excluding hydrogens is 180 g/mol. The van der Waals surface area contributed by atoms with Crippen LogP contribution in [0.25, 0.3) is 5.76 Å². The van der Waals surface area contributed by atoms with Gasteiger partial charge in [-0.1, -0.05) is 24.3 Å². The Morgan fingerprint density at radius 2 is 2.07 bits per heavy atom. The van der Waals surface area contributed by atoms with Gasteiger partial charge in [0.1, 0.15) is 6.26 Å². The van der Waals surface area contributed by atoms with Crippen LogP contribution in [0.2, 0.25) is 0 Å². The van der Waals surface area contributed by atoms with E-state index in [1.54, 1.807) is 20.5 Å². The zero-order valence-corrected chi connectivity index (χ0v) is 8.19. The molecular formula is C11H12O3. The minimum absolute atomic E-state index is 0.312.